The van der Waals surface area contributed by atoms with Gasteiger partial charge in [0.15, 0.2) is 6.29 Å². The van der Waals surface area contributed by atoms with Crippen LogP contribution in [0.4, 0.5) is 0 Å². The van der Waals surface area contributed by atoms with Gasteiger partial charge in [0.2, 0.25) is 0 Å². The quantitative estimate of drug-likeness (QED) is 0.841. The number of hydrogen-bond donors (Lipinski definition) is 1. The van der Waals surface area contributed by atoms with Crippen molar-refractivity contribution in [3.8, 4) is 0 Å². The first-order valence-electron chi connectivity index (χ1n) is 5.47. The highest BCUT2D eigenvalue weighted by Gasteiger charge is 2.19. The molecule has 1 saturated heterocycles. The van der Waals surface area contributed by atoms with Crippen molar-refractivity contribution < 1.29 is 14.6 Å². The Labute approximate surface area is 95.3 Å². The Balaban J connectivity index is 1.91. The predicted molar refractivity (Wildman–Crippen MR) is 61.8 cm³/mol. The van der Waals surface area contributed by atoms with Crippen LogP contribution in [-0.2, 0) is 9.47 Å². The molecule has 0 bridgehead atoms. The molecule has 1 atom stereocenters. The Morgan fingerprint density at radius 3 is 2.94 bits per heavy atom. The standard InChI is InChI=1S/C13H16O3/c14-6-7-15-13-9-12(10-16-13)8-11-4-2-1-3-5-11/h1-5,8,13-14H,6-7,9-10H2/b12-8-. The SMILES string of the molecule is OCCOC1C/C(=C/c2ccccc2)CO1. The molecule has 1 fully saturated rings. The summed E-state index contributed by atoms with van der Waals surface area (Å²) in [6.07, 6.45) is 2.72. The second-order valence-corrected chi connectivity index (χ2v) is 3.75. The largest absolute Gasteiger partial charge is 0.394 e. The van der Waals surface area contributed by atoms with Crippen LogP contribution >= 0.6 is 0 Å². The van der Waals surface area contributed by atoms with Crippen molar-refractivity contribution in [2.24, 2.45) is 0 Å². The molecule has 1 aliphatic rings. The van der Waals surface area contributed by atoms with Crippen molar-refractivity contribution in [1.82, 2.24) is 0 Å². The van der Waals surface area contributed by atoms with Crippen LogP contribution in [0.15, 0.2) is 35.9 Å². The summed E-state index contributed by atoms with van der Waals surface area (Å²) in [5.41, 5.74) is 2.41. The van der Waals surface area contributed by atoms with Gasteiger partial charge >= 0.3 is 0 Å². The van der Waals surface area contributed by atoms with E-state index in [1.54, 1.807) is 0 Å². The molecule has 1 unspecified atom stereocenters. The molecule has 1 aliphatic heterocycles. The van der Waals surface area contributed by atoms with Crippen LogP contribution in [-0.4, -0.2) is 31.2 Å². The minimum absolute atomic E-state index is 0.0393. The van der Waals surface area contributed by atoms with Gasteiger partial charge < -0.3 is 14.6 Å². The van der Waals surface area contributed by atoms with Crippen LogP contribution in [0.3, 0.4) is 0 Å². The van der Waals surface area contributed by atoms with Gasteiger partial charge in [-0.05, 0) is 11.1 Å². The zero-order valence-corrected chi connectivity index (χ0v) is 9.13. The molecule has 2 rings (SSSR count). The molecule has 0 saturated carbocycles. The van der Waals surface area contributed by atoms with E-state index >= 15 is 0 Å². The molecule has 16 heavy (non-hydrogen) atoms. The summed E-state index contributed by atoms with van der Waals surface area (Å²) in [6, 6.07) is 10.2. The van der Waals surface area contributed by atoms with E-state index in [0.29, 0.717) is 13.2 Å². The molecule has 0 spiro atoms. The first-order valence-corrected chi connectivity index (χ1v) is 5.47. The summed E-state index contributed by atoms with van der Waals surface area (Å²) in [7, 11) is 0. The van der Waals surface area contributed by atoms with E-state index in [2.05, 4.69) is 18.2 Å². The fourth-order valence-corrected chi connectivity index (χ4v) is 1.71. The first kappa shape index (κ1) is 11.3. The van der Waals surface area contributed by atoms with E-state index in [4.69, 9.17) is 14.6 Å². The topological polar surface area (TPSA) is 38.7 Å². The maximum absolute atomic E-state index is 8.63. The average Bonchev–Trinajstić information content (AvgIpc) is 2.75. The molecular formula is C13H16O3. The van der Waals surface area contributed by atoms with Gasteiger partial charge in [-0.25, -0.2) is 0 Å². The molecule has 1 aromatic rings. The minimum Gasteiger partial charge on any atom is -0.394 e. The maximum atomic E-state index is 8.63. The van der Waals surface area contributed by atoms with Crippen molar-refractivity contribution in [3.05, 3.63) is 41.5 Å². The van der Waals surface area contributed by atoms with Gasteiger partial charge in [0.25, 0.3) is 0 Å². The van der Waals surface area contributed by atoms with Crippen LogP contribution in [0.2, 0.25) is 0 Å². The number of benzene rings is 1. The lowest BCUT2D eigenvalue weighted by molar-refractivity contribution is -0.117. The molecule has 1 heterocycles. The molecule has 0 radical (unpaired) electrons. The van der Waals surface area contributed by atoms with E-state index in [-0.39, 0.29) is 12.9 Å². The number of aliphatic hydroxyl groups excluding tert-OH is 1. The molecule has 0 amide bonds. The van der Waals surface area contributed by atoms with E-state index in [9.17, 15) is 0 Å². The maximum Gasteiger partial charge on any atom is 0.161 e. The van der Waals surface area contributed by atoms with Gasteiger partial charge in [-0.2, -0.15) is 0 Å². The monoisotopic (exact) mass is 220 g/mol. The van der Waals surface area contributed by atoms with Crippen molar-refractivity contribution >= 4 is 6.08 Å². The first-order chi connectivity index (χ1) is 7.88. The fourth-order valence-electron chi connectivity index (χ4n) is 1.71. The van der Waals surface area contributed by atoms with E-state index < -0.39 is 0 Å². The lowest BCUT2D eigenvalue weighted by Crippen LogP contribution is -2.13. The Morgan fingerprint density at radius 2 is 2.19 bits per heavy atom. The second kappa shape index (κ2) is 5.80. The molecule has 86 valence electrons. The van der Waals surface area contributed by atoms with E-state index in [1.165, 1.54) is 11.1 Å². The normalized spacial score (nSPS) is 22.8. The summed E-state index contributed by atoms with van der Waals surface area (Å²) in [6.45, 7) is 0.992. The van der Waals surface area contributed by atoms with Gasteiger partial charge in [-0.15, -0.1) is 0 Å². The third-order valence-corrected chi connectivity index (χ3v) is 2.45. The summed E-state index contributed by atoms with van der Waals surface area (Å²) >= 11 is 0. The molecule has 0 aromatic heterocycles. The van der Waals surface area contributed by atoms with Crippen LogP contribution in [0.5, 0.6) is 0 Å². The second-order valence-electron chi connectivity index (χ2n) is 3.75. The Morgan fingerprint density at radius 1 is 1.38 bits per heavy atom. The smallest absolute Gasteiger partial charge is 0.161 e. The number of hydrogen-bond acceptors (Lipinski definition) is 3. The fraction of sp³-hybridized carbons (Fsp3) is 0.385. The van der Waals surface area contributed by atoms with Crippen molar-refractivity contribution in [2.75, 3.05) is 19.8 Å². The molecule has 0 aliphatic carbocycles. The Bertz CT molecular complexity index is 345. The highest BCUT2D eigenvalue weighted by molar-refractivity contribution is 5.53. The third kappa shape index (κ3) is 3.17. The number of aliphatic hydroxyl groups is 1. The lowest BCUT2D eigenvalue weighted by Gasteiger charge is -2.07. The Kier molecular flexibility index (Phi) is 4.10. The Hall–Kier alpha value is -1.16. The van der Waals surface area contributed by atoms with Gasteiger partial charge in [0.05, 0.1) is 19.8 Å². The van der Waals surface area contributed by atoms with Gasteiger partial charge in [0.1, 0.15) is 0 Å². The van der Waals surface area contributed by atoms with Crippen molar-refractivity contribution in [3.63, 3.8) is 0 Å². The average molecular weight is 220 g/mol. The molecule has 1 N–H and O–H groups in total. The highest BCUT2D eigenvalue weighted by atomic mass is 16.7. The molecule has 3 nitrogen and oxygen atoms in total. The summed E-state index contributed by atoms with van der Waals surface area (Å²) < 4.78 is 10.7. The molecular weight excluding hydrogens is 204 g/mol. The van der Waals surface area contributed by atoms with Crippen LogP contribution in [0.25, 0.3) is 6.08 Å². The summed E-state index contributed by atoms with van der Waals surface area (Å²) in [5.74, 6) is 0. The third-order valence-electron chi connectivity index (χ3n) is 2.45. The highest BCUT2D eigenvalue weighted by Crippen LogP contribution is 2.21. The van der Waals surface area contributed by atoms with E-state index in [1.807, 2.05) is 18.2 Å². The molecule has 3 heteroatoms. The number of rotatable bonds is 4. The van der Waals surface area contributed by atoms with Gasteiger partial charge in [-0.1, -0.05) is 36.4 Å². The van der Waals surface area contributed by atoms with Crippen LogP contribution < -0.4 is 0 Å². The summed E-state index contributed by atoms with van der Waals surface area (Å²) in [5, 5.41) is 8.63. The van der Waals surface area contributed by atoms with Gasteiger partial charge in [-0.3, -0.25) is 0 Å². The molecule has 1 aromatic carbocycles. The zero-order chi connectivity index (χ0) is 11.2. The zero-order valence-electron chi connectivity index (χ0n) is 9.13. The van der Waals surface area contributed by atoms with Crippen molar-refractivity contribution in [2.45, 2.75) is 12.7 Å². The van der Waals surface area contributed by atoms with Crippen molar-refractivity contribution in [1.29, 1.82) is 0 Å². The lowest BCUT2D eigenvalue weighted by atomic mass is 10.1. The summed E-state index contributed by atoms with van der Waals surface area (Å²) in [4.78, 5) is 0. The van der Waals surface area contributed by atoms with E-state index in [0.717, 1.165) is 6.42 Å². The van der Waals surface area contributed by atoms with Crippen LogP contribution in [0.1, 0.15) is 12.0 Å². The minimum atomic E-state index is -0.192. The predicted octanol–water partition coefficient (Wildman–Crippen LogP) is 1.83. The number of ether oxygens (including phenoxy) is 2. The van der Waals surface area contributed by atoms with Gasteiger partial charge in [0, 0.05) is 6.42 Å². The van der Waals surface area contributed by atoms with Crippen LogP contribution in [0, 0.1) is 0 Å².